The molecule has 2 aromatic rings. The molecule has 1 aliphatic rings. The summed E-state index contributed by atoms with van der Waals surface area (Å²) in [5, 5.41) is 29.0. The lowest BCUT2D eigenvalue weighted by molar-refractivity contribution is 0.100. The number of hydrogen-bond donors (Lipinski definition) is 4. The molecule has 3 rings (SSSR count). The summed E-state index contributed by atoms with van der Waals surface area (Å²) < 4.78 is 0. The summed E-state index contributed by atoms with van der Waals surface area (Å²) in [6.45, 7) is 1.39. The number of phenolic OH excluding ortho intramolecular Hbond substituents is 1. The van der Waals surface area contributed by atoms with E-state index in [1.807, 2.05) is 4.90 Å². The molecule has 144 valence electrons. The molecular formula is C19H21N7O2. The zero-order valence-electron chi connectivity index (χ0n) is 15.2. The lowest BCUT2D eigenvalue weighted by Gasteiger charge is -2.31. The van der Waals surface area contributed by atoms with E-state index >= 15 is 0 Å². The first-order valence-electron chi connectivity index (χ1n) is 8.92. The molecule has 1 saturated heterocycles. The first-order chi connectivity index (χ1) is 13.5. The van der Waals surface area contributed by atoms with Gasteiger partial charge in [-0.2, -0.15) is 10.2 Å². The summed E-state index contributed by atoms with van der Waals surface area (Å²) in [6.07, 6.45) is 3.23. The Morgan fingerprint density at radius 1 is 1.36 bits per heavy atom. The minimum absolute atomic E-state index is 0.0335. The smallest absolute Gasteiger partial charge is 0.254 e. The molecule has 1 amide bonds. The minimum Gasteiger partial charge on any atom is -0.508 e. The Bertz CT molecular complexity index is 913. The number of rotatable bonds is 6. The van der Waals surface area contributed by atoms with Gasteiger partial charge in [0.2, 0.25) is 5.95 Å². The molecule has 28 heavy (non-hydrogen) atoms. The maximum atomic E-state index is 12.0. The topological polar surface area (TPSA) is 152 Å². The van der Waals surface area contributed by atoms with Crippen LogP contribution in [0.4, 0.5) is 17.5 Å². The van der Waals surface area contributed by atoms with Crippen molar-refractivity contribution in [3.05, 3.63) is 35.5 Å². The molecule has 5 N–H and O–H groups in total. The van der Waals surface area contributed by atoms with Crippen molar-refractivity contribution >= 4 is 29.6 Å². The van der Waals surface area contributed by atoms with E-state index in [9.17, 15) is 9.90 Å². The Labute approximate surface area is 162 Å². The number of hydrogen-bond acceptors (Lipinski definition) is 8. The van der Waals surface area contributed by atoms with Gasteiger partial charge in [-0.25, -0.2) is 4.98 Å². The molecule has 0 unspecified atom stereocenters. The van der Waals surface area contributed by atoms with Gasteiger partial charge in [-0.1, -0.05) is 0 Å². The fourth-order valence-corrected chi connectivity index (χ4v) is 3.19. The summed E-state index contributed by atoms with van der Waals surface area (Å²) in [6, 6.07) is 8.50. The van der Waals surface area contributed by atoms with Crippen LogP contribution in [-0.4, -0.2) is 40.3 Å². The van der Waals surface area contributed by atoms with Crippen molar-refractivity contribution in [1.82, 2.24) is 9.97 Å². The maximum Gasteiger partial charge on any atom is 0.254 e. The van der Waals surface area contributed by atoms with Crippen molar-refractivity contribution in [3.63, 3.8) is 0 Å². The van der Waals surface area contributed by atoms with Crippen LogP contribution in [0.3, 0.4) is 0 Å². The van der Waals surface area contributed by atoms with E-state index in [2.05, 4.69) is 21.4 Å². The number of primary amides is 1. The highest BCUT2D eigenvalue weighted by molar-refractivity contribution is 6.04. The Kier molecular flexibility index (Phi) is 5.69. The standard InChI is InChI=1S/C19H21N7O2/c20-8-5-12-6-9-26(10-7-12)19-24-15(11-21)16(17(22)28)18(25-19)23-13-1-3-14(27)4-2-13/h1-4,11-12,21,27H,5-7,9-10H2,(H2,22,28)(H,23,24,25). The second-order valence-corrected chi connectivity index (χ2v) is 6.61. The first kappa shape index (κ1) is 19.1. The zero-order valence-corrected chi connectivity index (χ0v) is 15.2. The lowest BCUT2D eigenvalue weighted by Crippen LogP contribution is -2.35. The third kappa shape index (κ3) is 4.17. The minimum atomic E-state index is -0.737. The molecule has 1 fully saturated rings. The quantitative estimate of drug-likeness (QED) is 0.443. The van der Waals surface area contributed by atoms with E-state index in [0.29, 0.717) is 37.1 Å². The van der Waals surface area contributed by atoms with Crippen LogP contribution in [0.25, 0.3) is 0 Å². The molecule has 1 aromatic heterocycles. The SMILES string of the molecule is N#CCC1CCN(c2nc(C=N)c(C(N)=O)c(Nc3ccc(O)cc3)n2)CC1. The number of aromatic nitrogens is 2. The van der Waals surface area contributed by atoms with Crippen molar-refractivity contribution in [3.8, 4) is 11.8 Å². The van der Waals surface area contributed by atoms with Gasteiger partial charge in [-0.05, 0) is 43.0 Å². The number of piperidine rings is 1. The van der Waals surface area contributed by atoms with Crippen LogP contribution in [0.1, 0.15) is 35.3 Å². The van der Waals surface area contributed by atoms with Crippen LogP contribution in [-0.2, 0) is 0 Å². The molecule has 9 nitrogen and oxygen atoms in total. The Balaban J connectivity index is 1.94. The van der Waals surface area contributed by atoms with Gasteiger partial charge in [0.1, 0.15) is 22.8 Å². The summed E-state index contributed by atoms with van der Waals surface area (Å²) in [7, 11) is 0. The van der Waals surface area contributed by atoms with Crippen molar-refractivity contribution in [1.29, 1.82) is 10.7 Å². The van der Waals surface area contributed by atoms with Gasteiger partial charge in [0.05, 0.1) is 6.07 Å². The number of amides is 1. The molecule has 0 aliphatic carbocycles. The fourth-order valence-electron chi connectivity index (χ4n) is 3.19. The summed E-state index contributed by atoms with van der Waals surface area (Å²) in [5.74, 6) is 0.354. The third-order valence-electron chi connectivity index (χ3n) is 4.72. The normalized spacial score (nSPS) is 14.3. The van der Waals surface area contributed by atoms with E-state index in [1.165, 1.54) is 12.1 Å². The van der Waals surface area contributed by atoms with Gasteiger partial charge in [0.15, 0.2) is 0 Å². The van der Waals surface area contributed by atoms with Gasteiger partial charge in [0, 0.05) is 31.4 Å². The predicted octanol–water partition coefficient (Wildman–Crippen LogP) is 2.15. The summed E-state index contributed by atoms with van der Waals surface area (Å²) in [5.41, 5.74) is 6.28. The highest BCUT2D eigenvalue weighted by atomic mass is 16.3. The van der Waals surface area contributed by atoms with Crippen molar-refractivity contribution in [2.24, 2.45) is 11.7 Å². The zero-order chi connectivity index (χ0) is 20.1. The highest BCUT2D eigenvalue weighted by Crippen LogP contribution is 2.27. The van der Waals surface area contributed by atoms with Gasteiger partial charge in [-0.15, -0.1) is 0 Å². The van der Waals surface area contributed by atoms with E-state index in [1.54, 1.807) is 12.1 Å². The van der Waals surface area contributed by atoms with Crippen LogP contribution in [0.5, 0.6) is 5.75 Å². The monoisotopic (exact) mass is 379 g/mol. The Hall–Kier alpha value is -3.67. The third-order valence-corrected chi connectivity index (χ3v) is 4.72. The number of nitriles is 1. The second kappa shape index (κ2) is 8.35. The molecule has 0 saturated carbocycles. The number of anilines is 3. The molecule has 1 aromatic carbocycles. The van der Waals surface area contributed by atoms with Crippen molar-refractivity contribution < 1.29 is 9.90 Å². The van der Waals surface area contributed by atoms with Gasteiger partial charge < -0.3 is 26.5 Å². The molecular weight excluding hydrogens is 358 g/mol. The molecule has 0 spiro atoms. The van der Waals surface area contributed by atoms with E-state index < -0.39 is 5.91 Å². The summed E-state index contributed by atoms with van der Waals surface area (Å²) >= 11 is 0. The highest BCUT2D eigenvalue weighted by Gasteiger charge is 2.24. The van der Waals surface area contributed by atoms with Crippen LogP contribution in [0.15, 0.2) is 24.3 Å². The number of nitrogens with one attached hydrogen (secondary N) is 2. The number of aromatic hydroxyl groups is 1. The van der Waals surface area contributed by atoms with Gasteiger partial charge in [0.25, 0.3) is 5.91 Å². The largest absolute Gasteiger partial charge is 0.508 e. The fraction of sp³-hybridized carbons (Fsp3) is 0.316. The molecule has 0 bridgehead atoms. The molecule has 2 heterocycles. The van der Waals surface area contributed by atoms with Crippen molar-refractivity contribution in [2.75, 3.05) is 23.3 Å². The molecule has 9 heteroatoms. The number of nitrogens with zero attached hydrogens (tertiary/aromatic N) is 4. The van der Waals surface area contributed by atoms with Crippen LogP contribution >= 0.6 is 0 Å². The molecule has 0 radical (unpaired) electrons. The number of carbonyl (C=O) groups excluding carboxylic acids is 1. The van der Waals surface area contributed by atoms with Crippen LogP contribution < -0.4 is 16.0 Å². The van der Waals surface area contributed by atoms with Crippen LogP contribution in [0.2, 0.25) is 0 Å². The van der Waals surface area contributed by atoms with Gasteiger partial charge in [-0.3, -0.25) is 4.79 Å². The average Bonchev–Trinajstić information content (AvgIpc) is 2.69. The molecule has 0 atom stereocenters. The number of carbonyl (C=O) groups is 1. The average molecular weight is 379 g/mol. The Morgan fingerprint density at radius 2 is 2.04 bits per heavy atom. The number of nitrogens with two attached hydrogens (primary N) is 1. The number of benzene rings is 1. The van der Waals surface area contributed by atoms with E-state index in [4.69, 9.17) is 16.4 Å². The predicted molar refractivity (Wildman–Crippen MR) is 105 cm³/mol. The van der Waals surface area contributed by atoms with Crippen molar-refractivity contribution in [2.45, 2.75) is 19.3 Å². The maximum absolute atomic E-state index is 12.0. The Morgan fingerprint density at radius 3 is 2.61 bits per heavy atom. The van der Waals surface area contributed by atoms with Gasteiger partial charge >= 0.3 is 0 Å². The summed E-state index contributed by atoms with van der Waals surface area (Å²) in [4.78, 5) is 22.8. The number of phenols is 1. The van der Waals surface area contributed by atoms with E-state index in [-0.39, 0.29) is 22.8 Å². The van der Waals surface area contributed by atoms with E-state index in [0.717, 1.165) is 19.1 Å². The first-order valence-corrected chi connectivity index (χ1v) is 8.92. The lowest BCUT2D eigenvalue weighted by atomic mass is 9.94. The second-order valence-electron chi connectivity index (χ2n) is 6.61. The van der Waals surface area contributed by atoms with Crippen LogP contribution in [0, 0.1) is 22.7 Å². The molecule has 1 aliphatic heterocycles.